The number of primary amides is 1. The average Bonchev–Trinajstić information content (AvgIpc) is 1.64. The number of H-pyrrole nitrogens is 1. The number of nitrogens with two attached hydrogens (primary N) is 2. The van der Waals surface area contributed by atoms with E-state index in [0.717, 1.165) is 4.90 Å². The van der Waals surface area contributed by atoms with Crippen LogP contribution in [0.4, 0.5) is 0 Å². The number of likely N-dealkylation sites (tertiary alicyclic amines) is 1. The van der Waals surface area contributed by atoms with Gasteiger partial charge in [0.05, 0.1) is 31.8 Å². The molecule has 31 heteroatoms. The Morgan fingerprint density at radius 3 is 1.57 bits per heavy atom. The highest BCUT2D eigenvalue weighted by molar-refractivity contribution is 6.00. The molecule has 2 aromatic rings. The molecule has 1 saturated heterocycles. The zero-order valence-electron chi connectivity index (χ0n) is 52.6. The number of carboxylic acids is 2. The number of benzene rings is 1. The zero-order valence-corrected chi connectivity index (χ0v) is 52.6. The smallest absolute Gasteiger partial charge is 0.326 e. The molecule has 500 valence electrons. The highest BCUT2D eigenvalue weighted by atomic mass is 16.4. The molecule has 0 spiro atoms. The maximum Gasteiger partial charge on any atom is 0.326 e. The molecule has 0 radical (unpaired) electrons. The normalized spacial score (nSPS) is 16.8. The van der Waals surface area contributed by atoms with Crippen molar-refractivity contribution < 1.29 is 82.8 Å². The Kier molecular flexibility index (Phi) is 30.2. The van der Waals surface area contributed by atoms with Crippen LogP contribution in [-0.2, 0) is 75.2 Å². The van der Waals surface area contributed by atoms with Gasteiger partial charge in [0.1, 0.15) is 66.2 Å². The number of carbonyl (C=O) groups is 13. The van der Waals surface area contributed by atoms with E-state index in [-0.39, 0.29) is 62.7 Å². The van der Waals surface area contributed by atoms with Crippen molar-refractivity contribution in [3.8, 4) is 5.75 Å². The van der Waals surface area contributed by atoms with Crippen molar-refractivity contribution in [3.63, 3.8) is 0 Å². The topological polar surface area (TPSA) is 495 Å². The van der Waals surface area contributed by atoms with Gasteiger partial charge in [0.2, 0.25) is 65.0 Å². The Bertz CT molecular complexity index is 2820. The number of nitrogens with one attached hydrogen (secondary N) is 10. The van der Waals surface area contributed by atoms with Crippen LogP contribution in [0.1, 0.15) is 125 Å². The lowest BCUT2D eigenvalue weighted by atomic mass is 9.95. The van der Waals surface area contributed by atoms with E-state index in [1.165, 1.54) is 36.8 Å². The monoisotopic (exact) mass is 1270 g/mol. The number of carbonyl (C=O) groups excluding carboxylic acids is 11. The van der Waals surface area contributed by atoms with Crippen molar-refractivity contribution in [1.82, 2.24) is 62.7 Å². The molecule has 1 aliphatic heterocycles. The van der Waals surface area contributed by atoms with Crippen LogP contribution < -0.4 is 59.3 Å². The minimum atomic E-state index is -1.79. The SMILES string of the molecule is CC[C@H](C)[C@H](NC(=O)[C@@H](NC(=O)[C@@H]1CCCN1C(=O)[C@H](CC(=O)O)NC(=O)[C@H](CO)NC(=O)[C@@H](N)Cc1cnc[nH]1)C(C)C)C(=O)N[C@@H](CC(C)C)C(=O)N[C@@H](CC(N)=O)C(=O)N[C@H](C(=O)N[C@@H](CC(C)C)C(=O)N[C@@H](Cc1ccc(O)cc1)C(=O)O)C(C)C. The summed E-state index contributed by atoms with van der Waals surface area (Å²) in [5.74, 6) is -15.6. The van der Waals surface area contributed by atoms with Gasteiger partial charge in [-0.25, -0.2) is 9.78 Å². The molecule has 1 aliphatic rings. The highest BCUT2D eigenvalue weighted by Gasteiger charge is 2.42. The predicted molar refractivity (Wildman–Crippen MR) is 323 cm³/mol. The molecule has 31 nitrogen and oxygen atoms in total. The fourth-order valence-electron chi connectivity index (χ4n) is 9.82. The second kappa shape index (κ2) is 36.1. The number of hydrogen-bond donors (Lipinski definition) is 16. The van der Waals surface area contributed by atoms with Crippen LogP contribution in [-0.4, -0.2) is 192 Å². The third-order valence-electron chi connectivity index (χ3n) is 15.0. The number of nitrogens with zero attached hydrogens (tertiary/aromatic N) is 2. The molecule has 0 bridgehead atoms. The van der Waals surface area contributed by atoms with Gasteiger partial charge in [-0.05, 0) is 73.0 Å². The summed E-state index contributed by atoms with van der Waals surface area (Å²) >= 11 is 0. The van der Waals surface area contributed by atoms with E-state index in [0.29, 0.717) is 17.7 Å². The molecule has 11 amide bonds. The van der Waals surface area contributed by atoms with E-state index < -0.39 is 181 Å². The fraction of sp³-hybridized carbons (Fsp3) is 0.627. The molecule has 12 atom stereocenters. The third-order valence-corrected chi connectivity index (χ3v) is 15.0. The van der Waals surface area contributed by atoms with Crippen LogP contribution in [0.15, 0.2) is 36.8 Å². The lowest BCUT2D eigenvalue weighted by molar-refractivity contribution is -0.146. The van der Waals surface area contributed by atoms with E-state index in [9.17, 15) is 82.8 Å². The Hall–Kier alpha value is -8.74. The van der Waals surface area contributed by atoms with Gasteiger partial charge in [-0.15, -0.1) is 0 Å². The Morgan fingerprint density at radius 1 is 0.600 bits per heavy atom. The number of phenols is 1. The van der Waals surface area contributed by atoms with Crippen LogP contribution in [0.2, 0.25) is 0 Å². The zero-order chi connectivity index (χ0) is 67.9. The minimum Gasteiger partial charge on any atom is -0.508 e. The summed E-state index contributed by atoms with van der Waals surface area (Å²) in [6, 6.07) is -10.2. The summed E-state index contributed by atoms with van der Waals surface area (Å²) in [6.45, 7) is 15.7. The largest absolute Gasteiger partial charge is 0.508 e. The first kappa shape index (κ1) is 75.5. The number of amides is 11. The maximum absolute atomic E-state index is 14.4. The van der Waals surface area contributed by atoms with Gasteiger partial charge in [0, 0.05) is 31.3 Å². The first-order valence-corrected chi connectivity index (χ1v) is 30.1. The molecule has 0 unspecified atom stereocenters. The van der Waals surface area contributed by atoms with Crippen molar-refractivity contribution >= 4 is 76.9 Å². The third kappa shape index (κ3) is 24.0. The molecule has 18 N–H and O–H groups in total. The summed E-state index contributed by atoms with van der Waals surface area (Å²) in [7, 11) is 0. The van der Waals surface area contributed by atoms with Gasteiger partial charge >= 0.3 is 11.9 Å². The van der Waals surface area contributed by atoms with Gasteiger partial charge in [0.15, 0.2) is 0 Å². The standard InChI is InChI=1S/C59H92N14O17/c1-11-32(10)48(72-56(86)47(31(8)9)71-54(84)43-13-12-18-73(43)58(88)40(24-45(77)78)67-53(83)42(26-74)69-49(79)36(60)22-34-25-62-27-63-34)57(87)66-37(19-28(2)3)50(80)64-39(23-44(61)76)52(82)70-46(30(6)7)55(85)65-38(20-29(4)5)51(81)68-41(59(89)90)21-33-14-16-35(75)17-15-33/h14-17,25,27-32,36-43,46-48,74-75H,11-13,18-24,26,60H2,1-10H3,(H2,61,76)(H,62,63)(H,64,80)(H,65,85)(H,66,87)(H,67,83)(H,68,81)(H,69,79)(H,70,82)(H,71,84)(H,72,86)(H,77,78)(H,89,90)/t32-,36-,37-,38-,39-,40-,41-,42-,43-,46-,47-,48-/m0/s1. The van der Waals surface area contributed by atoms with E-state index in [1.807, 2.05) is 0 Å². The molecule has 1 fully saturated rings. The van der Waals surface area contributed by atoms with Gasteiger partial charge in [-0.3, -0.25) is 57.5 Å². The maximum atomic E-state index is 14.4. The van der Waals surface area contributed by atoms with Crippen molar-refractivity contribution in [1.29, 1.82) is 0 Å². The molecule has 0 saturated carbocycles. The molecule has 1 aromatic carbocycles. The van der Waals surface area contributed by atoms with Crippen LogP contribution >= 0.6 is 0 Å². The molecule has 2 heterocycles. The number of rotatable bonds is 37. The predicted octanol–water partition coefficient (Wildman–Crippen LogP) is -2.54. The number of aliphatic carboxylic acids is 2. The molecular weight excluding hydrogens is 1180 g/mol. The van der Waals surface area contributed by atoms with Gasteiger partial charge in [0.25, 0.3) is 0 Å². The van der Waals surface area contributed by atoms with Crippen LogP contribution in [0, 0.1) is 29.6 Å². The quantitative estimate of drug-likeness (QED) is 0.0331. The van der Waals surface area contributed by atoms with Crippen molar-refractivity contribution in [3.05, 3.63) is 48.0 Å². The fourth-order valence-corrected chi connectivity index (χ4v) is 9.82. The number of phenolic OH excluding ortho intramolecular Hbond substituents is 1. The molecule has 0 aliphatic carbocycles. The Morgan fingerprint density at radius 2 is 1.08 bits per heavy atom. The van der Waals surface area contributed by atoms with E-state index in [4.69, 9.17) is 11.5 Å². The lowest BCUT2D eigenvalue weighted by Crippen LogP contribution is -2.62. The van der Waals surface area contributed by atoms with Gasteiger partial charge in [-0.1, -0.05) is 87.8 Å². The minimum absolute atomic E-state index is 0.0151. The van der Waals surface area contributed by atoms with Gasteiger partial charge < -0.3 is 89.6 Å². The molecular formula is C59H92N14O17. The van der Waals surface area contributed by atoms with Gasteiger partial charge in [-0.2, -0.15) is 0 Å². The van der Waals surface area contributed by atoms with Crippen molar-refractivity contribution in [2.75, 3.05) is 13.2 Å². The average molecular weight is 1270 g/mol. The number of aromatic amines is 1. The molecule has 1 aromatic heterocycles. The Balaban J connectivity index is 1.80. The molecule has 3 rings (SSSR count). The lowest BCUT2D eigenvalue weighted by Gasteiger charge is -2.32. The van der Waals surface area contributed by atoms with Crippen LogP contribution in [0.5, 0.6) is 5.75 Å². The number of imidazole rings is 1. The number of aromatic nitrogens is 2. The summed E-state index contributed by atoms with van der Waals surface area (Å²) < 4.78 is 0. The van der Waals surface area contributed by atoms with Crippen molar-refractivity contribution in [2.24, 2.45) is 41.1 Å². The second-order valence-electron chi connectivity index (χ2n) is 24.2. The van der Waals surface area contributed by atoms with E-state index in [1.54, 1.807) is 69.2 Å². The summed E-state index contributed by atoms with van der Waals surface area (Å²) in [6.07, 6.45) is 1.48. The number of hydrogen-bond acceptors (Lipinski definition) is 17. The summed E-state index contributed by atoms with van der Waals surface area (Å²) in [4.78, 5) is 184. The van der Waals surface area contributed by atoms with Crippen molar-refractivity contribution in [2.45, 2.75) is 193 Å². The second-order valence-corrected chi connectivity index (χ2v) is 24.2. The first-order valence-electron chi connectivity index (χ1n) is 30.1. The van der Waals surface area contributed by atoms with E-state index in [2.05, 4.69) is 57.8 Å². The Labute approximate surface area is 522 Å². The number of aliphatic hydroxyl groups excluding tert-OH is 1. The first-order chi connectivity index (χ1) is 42.2. The number of aliphatic hydroxyl groups is 1. The number of aromatic hydroxyl groups is 1. The van der Waals surface area contributed by atoms with Crippen LogP contribution in [0.3, 0.4) is 0 Å². The highest BCUT2D eigenvalue weighted by Crippen LogP contribution is 2.22. The summed E-state index contributed by atoms with van der Waals surface area (Å²) in [5, 5.41) is 62.1. The summed E-state index contributed by atoms with van der Waals surface area (Å²) in [5.41, 5.74) is 12.5. The molecule has 90 heavy (non-hydrogen) atoms. The van der Waals surface area contributed by atoms with E-state index >= 15 is 0 Å². The van der Waals surface area contributed by atoms with Crippen LogP contribution in [0.25, 0.3) is 0 Å². The number of carboxylic acid groups (broad SMARTS) is 2.